The van der Waals surface area contributed by atoms with Crippen molar-refractivity contribution in [2.75, 3.05) is 6.54 Å². The molecule has 1 N–H and O–H groups in total. The van der Waals surface area contributed by atoms with E-state index in [9.17, 15) is 14.4 Å². The highest BCUT2D eigenvalue weighted by Crippen LogP contribution is 2.34. The molecule has 1 fully saturated rings. The topological polar surface area (TPSA) is 101 Å². The predicted molar refractivity (Wildman–Crippen MR) is 143 cm³/mol. The molecule has 4 rings (SSSR count). The number of benzene rings is 1. The van der Waals surface area contributed by atoms with E-state index >= 15 is 0 Å². The van der Waals surface area contributed by atoms with Crippen LogP contribution in [-0.4, -0.2) is 42.1 Å². The summed E-state index contributed by atoms with van der Waals surface area (Å²) in [5.74, 6) is -0.491. The lowest BCUT2D eigenvalue weighted by Gasteiger charge is -2.14. The fraction of sp³-hybridized carbons (Fsp3) is 0.269. The van der Waals surface area contributed by atoms with Gasteiger partial charge in [-0.2, -0.15) is 4.98 Å². The largest absolute Gasteiger partial charge is 0.481 e. The van der Waals surface area contributed by atoms with Gasteiger partial charge in [0.15, 0.2) is 0 Å². The minimum absolute atomic E-state index is 0.0984. The Morgan fingerprint density at radius 3 is 2.64 bits per heavy atom. The van der Waals surface area contributed by atoms with Crippen LogP contribution in [0.1, 0.15) is 43.7 Å². The van der Waals surface area contributed by atoms with Crippen LogP contribution in [0.5, 0.6) is 11.6 Å². The number of pyridine rings is 1. The smallest absolute Gasteiger partial charge is 0.303 e. The maximum Gasteiger partial charge on any atom is 0.303 e. The fourth-order valence-corrected chi connectivity index (χ4v) is 5.03. The molecule has 0 unspecified atom stereocenters. The van der Waals surface area contributed by atoms with Crippen molar-refractivity contribution in [3.05, 3.63) is 75.0 Å². The van der Waals surface area contributed by atoms with Crippen LogP contribution in [0.4, 0.5) is 0 Å². The Kier molecular flexibility index (Phi) is 8.17. The van der Waals surface area contributed by atoms with Crippen molar-refractivity contribution in [3.8, 4) is 11.6 Å². The van der Waals surface area contributed by atoms with E-state index in [1.807, 2.05) is 24.3 Å². The van der Waals surface area contributed by atoms with Gasteiger partial charge in [0.05, 0.1) is 4.91 Å². The monoisotopic (exact) mass is 523 g/mol. The Hall–Kier alpha value is -3.50. The number of amides is 1. The summed E-state index contributed by atoms with van der Waals surface area (Å²) in [6, 6.07) is 12.8. The molecular formula is C26H25N3O5S2. The van der Waals surface area contributed by atoms with Crippen LogP contribution in [0.2, 0.25) is 0 Å². The molecule has 0 radical (unpaired) electrons. The predicted octanol–water partition coefficient (Wildman–Crippen LogP) is 4.90. The minimum Gasteiger partial charge on any atom is -0.481 e. The number of aryl methyl sites for hydroxylation is 1. The average Bonchev–Trinajstić information content (AvgIpc) is 3.13. The van der Waals surface area contributed by atoms with E-state index in [1.54, 1.807) is 24.4 Å². The number of carbonyl (C=O) groups is 2. The number of thioether (sulfide) groups is 1. The number of hydrogen-bond acceptors (Lipinski definition) is 7. The summed E-state index contributed by atoms with van der Waals surface area (Å²) in [4.78, 5) is 43.5. The van der Waals surface area contributed by atoms with Gasteiger partial charge < -0.3 is 9.84 Å². The summed E-state index contributed by atoms with van der Waals surface area (Å²) >= 11 is 6.53. The van der Waals surface area contributed by atoms with Gasteiger partial charge in [-0.1, -0.05) is 55.5 Å². The highest BCUT2D eigenvalue weighted by molar-refractivity contribution is 8.26. The number of fused-ring (bicyclic) bond motifs is 1. The number of hydrogen-bond donors (Lipinski definition) is 1. The number of carboxylic acids is 1. The molecule has 1 saturated heterocycles. The molecule has 1 aliphatic rings. The average molecular weight is 524 g/mol. The molecular weight excluding hydrogens is 498 g/mol. The molecule has 0 aliphatic carbocycles. The summed E-state index contributed by atoms with van der Waals surface area (Å²) in [7, 11) is 0. The summed E-state index contributed by atoms with van der Waals surface area (Å²) in [5.41, 5.74) is 1.37. The maximum atomic E-state index is 13.4. The zero-order chi connectivity index (χ0) is 25.7. The summed E-state index contributed by atoms with van der Waals surface area (Å²) < 4.78 is 7.83. The lowest BCUT2D eigenvalue weighted by atomic mass is 10.2. The molecule has 10 heteroatoms. The first kappa shape index (κ1) is 25.6. The molecule has 36 heavy (non-hydrogen) atoms. The second kappa shape index (κ2) is 11.5. The van der Waals surface area contributed by atoms with E-state index in [0.717, 1.165) is 23.7 Å². The van der Waals surface area contributed by atoms with E-state index in [2.05, 4.69) is 11.9 Å². The molecule has 0 spiro atoms. The normalized spacial score (nSPS) is 14.7. The first-order valence-corrected chi connectivity index (χ1v) is 12.8. The number of nitrogens with zero attached hydrogens (tertiary/aromatic N) is 3. The maximum absolute atomic E-state index is 13.4. The SMILES string of the molecule is CCc1ccc(Oc2nc3ccccn3c(=O)c2/C=C2/SC(=S)N(CCCCCC(=O)O)C2=O)cc1. The lowest BCUT2D eigenvalue weighted by Crippen LogP contribution is -2.29. The van der Waals surface area contributed by atoms with Gasteiger partial charge >= 0.3 is 5.97 Å². The van der Waals surface area contributed by atoms with Gasteiger partial charge in [0.25, 0.3) is 11.5 Å². The molecule has 3 heterocycles. The van der Waals surface area contributed by atoms with Crippen LogP contribution in [-0.2, 0) is 16.0 Å². The number of thiocarbonyl (C=S) groups is 1. The highest BCUT2D eigenvalue weighted by Gasteiger charge is 2.32. The second-order valence-electron chi connectivity index (χ2n) is 8.20. The number of aromatic nitrogens is 2. The van der Waals surface area contributed by atoms with Crippen LogP contribution in [0.25, 0.3) is 11.7 Å². The molecule has 186 valence electrons. The third-order valence-corrected chi connectivity index (χ3v) is 7.08. The molecule has 8 nitrogen and oxygen atoms in total. The number of carbonyl (C=O) groups excluding carboxylic acids is 1. The second-order valence-corrected chi connectivity index (χ2v) is 9.88. The van der Waals surface area contributed by atoms with Crippen LogP contribution < -0.4 is 10.3 Å². The molecule has 0 bridgehead atoms. The molecule has 1 aromatic carbocycles. The number of aliphatic carboxylic acids is 1. The van der Waals surface area contributed by atoms with Crippen molar-refractivity contribution >= 4 is 51.9 Å². The zero-order valence-corrected chi connectivity index (χ0v) is 21.3. The van der Waals surface area contributed by atoms with E-state index in [0.29, 0.717) is 46.4 Å². The quantitative estimate of drug-likeness (QED) is 0.228. The van der Waals surface area contributed by atoms with Crippen molar-refractivity contribution in [3.63, 3.8) is 0 Å². The van der Waals surface area contributed by atoms with Crippen LogP contribution in [0, 0.1) is 0 Å². The fourth-order valence-electron chi connectivity index (χ4n) is 3.74. The van der Waals surface area contributed by atoms with Crippen molar-refractivity contribution in [2.24, 2.45) is 0 Å². The summed E-state index contributed by atoms with van der Waals surface area (Å²) in [6.45, 7) is 2.45. The molecule has 3 aromatic rings. The summed E-state index contributed by atoms with van der Waals surface area (Å²) in [5, 5.41) is 8.77. The Labute approximate surface area is 217 Å². The summed E-state index contributed by atoms with van der Waals surface area (Å²) in [6.07, 6.45) is 5.95. The van der Waals surface area contributed by atoms with Gasteiger partial charge in [-0.05, 0) is 55.2 Å². The molecule has 1 aliphatic heterocycles. The molecule has 0 atom stereocenters. The van der Waals surface area contributed by atoms with Crippen LogP contribution in [0.15, 0.2) is 58.4 Å². The minimum atomic E-state index is -0.835. The number of carboxylic acid groups (broad SMARTS) is 1. The van der Waals surface area contributed by atoms with E-state index in [1.165, 1.54) is 15.4 Å². The van der Waals surface area contributed by atoms with Crippen LogP contribution in [0.3, 0.4) is 0 Å². The van der Waals surface area contributed by atoms with Gasteiger partial charge in [0.1, 0.15) is 21.3 Å². The Morgan fingerprint density at radius 1 is 1.14 bits per heavy atom. The van der Waals surface area contributed by atoms with Crippen molar-refractivity contribution in [2.45, 2.75) is 39.0 Å². The molecule has 0 saturated carbocycles. The number of unbranched alkanes of at least 4 members (excludes halogenated alkanes) is 2. The zero-order valence-electron chi connectivity index (χ0n) is 19.7. The van der Waals surface area contributed by atoms with E-state index < -0.39 is 5.97 Å². The van der Waals surface area contributed by atoms with E-state index in [-0.39, 0.29) is 29.3 Å². The van der Waals surface area contributed by atoms with Gasteiger partial charge in [-0.15, -0.1) is 0 Å². The number of rotatable bonds is 10. The Morgan fingerprint density at radius 2 is 1.92 bits per heavy atom. The Balaban J connectivity index is 1.63. The van der Waals surface area contributed by atoms with E-state index in [4.69, 9.17) is 22.1 Å². The van der Waals surface area contributed by atoms with Gasteiger partial charge in [0, 0.05) is 19.2 Å². The first-order chi connectivity index (χ1) is 17.4. The van der Waals surface area contributed by atoms with Crippen molar-refractivity contribution in [1.29, 1.82) is 0 Å². The van der Waals surface area contributed by atoms with Crippen LogP contribution >= 0.6 is 24.0 Å². The first-order valence-electron chi connectivity index (χ1n) is 11.6. The van der Waals surface area contributed by atoms with Crippen molar-refractivity contribution < 1.29 is 19.4 Å². The molecule has 2 aromatic heterocycles. The highest BCUT2D eigenvalue weighted by atomic mass is 32.2. The molecule has 1 amide bonds. The lowest BCUT2D eigenvalue weighted by molar-refractivity contribution is -0.137. The third-order valence-electron chi connectivity index (χ3n) is 5.70. The standard InChI is InChI=1S/C26H25N3O5S2/c1-2-17-10-12-18(13-11-17)34-23-19(24(32)28-14-7-5-8-21(28)27-23)16-20-25(33)29(26(35)36-20)15-6-3-4-9-22(30)31/h5,7-8,10-14,16H,2-4,6,9,15H2,1H3,(H,30,31)/b20-16+. The van der Waals surface area contributed by atoms with Gasteiger partial charge in [0.2, 0.25) is 5.88 Å². The van der Waals surface area contributed by atoms with Crippen molar-refractivity contribution in [1.82, 2.24) is 14.3 Å². The van der Waals surface area contributed by atoms with Gasteiger partial charge in [-0.25, -0.2) is 0 Å². The third kappa shape index (κ3) is 5.83. The Bertz CT molecular complexity index is 1400. The number of ether oxygens (including phenoxy) is 1. The van der Waals surface area contributed by atoms with Gasteiger partial charge in [-0.3, -0.25) is 23.7 Å².